The maximum Gasteiger partial charge on any atom is 0.559 e. The summed E-state index contributed by atoms with van der Waals surface area (Å²) >= 11 is 0. The van der Waals surface area contributed by atoms with Crippen molar-refractivity contribution in [3.63, 3.8) is 0 Å². The highest BCUT2D eigenvalue weighted by molar-refractivity contribution is 5.95. The summed E-state index contributed by atoms with van der Waals surface area (Å²) in [7, 11) is 0. The molecular weight excluding hydrogens is 607 g/mol. The average molecular weight is 642 g/mol. The number of pyridine rings is 1. The number of alkyl halides is 3. The maximum atomic E-state index is 14.2. The van der Waals surface area contributed by atoms with E-state index in [-0.39, 0.29) is 47.7 Å². The average Bonchev–Trinajstić information content (AvgIpc) is 3.10. The highest BCUT2D eigenvalue weighted by Crippen LogP contribution is 2.29. The summed E-state index contributed by atoms with van der Waals surface area (Å²) in [6.45, 7) is 6.56. The standard InChI is InChI=1S/C30H33F5N4O6/c1-17-13-23(43-16-20-21(31)10-8-11-22(20)32)25-36-18(2)24(38(25)14-17)26(40)37-19-9-6-7-12-39(15-19,28(42)44-29(3,4)5)45-27(41)30(33,34)35/h8,10-11,13-14,19H,6-7,9,12,15-16H2,1-5H3/p+1. The van der Waals surface area contributed by atoms with Gasteiger partial charge in [0, 0.05) is 12.6 Å². The number of aromatic nitrogens is 2. The van der Waals surface area contributed by atoms with E-state index in [1.807, 2.05) is 0 Å². The molecule has 244 valence electrons. The molecule has 4 rings (SSSR count). The third-order valence-electron chi connectivity index (χ3n) is 7.03. The smallest absolute Gasteiger partial charge is 0.485 e. The molecule has 0 radical (unpaired) electrons. The number of hydrogen-bond acceptors (Lipinski definition) is 7. The number of imidazole rings is 1. The van der Waals surface area contributed by atoms with Gasteiger partial charge >= 0.3 is 18.2 Å². The van der Waals surface area contributed by atoms with Crippen molar-refractivity contribution in [1.29, 1.82) is 0 Å². The first-order valence-corrected chi connectivity index (χ1v) is 14.2. The Morgan fingerprint density at radius 2 is 1.76 bits per heavy atom. The number of rotatable bonds is 5. The number of hydrogen-bond donors (Lipinski definition) is 1. The van der Waals surface area contributed by atoms with Gasteiger partial charge in [-0.3, -0.25) is 14.0 Å². The zero-order chi connectivity index (χ0) is 33.3. The van der Waals surface area contributed by atoms with Crippen molar-refractivity contribution in [1.82, 2.24) is 14.7 Å². The summed E-state index contributed by atoms with van der Waals surface area (Å²) in [5.74, 6) is -4.66. The maximum absolute atomic E-state index is 14.2. The van der Waals surface area contributed by atoms with Crippen LogP contribution < -0.4 is 10.1 Å². The number of halogens is 5. The van der Waals surface area contributed by atoms with Crippen LogP contribution in [0.2, 0.25) is 0 Å². The Morgan fingerprint density at radius 3 is 2.38 bits per heavy atom. The lowest BCUT2D eigenvalue weighted by atomic mass is 10.1. The second-order valence-corrected chi connectivity index (χ2v) is 11.9. The Balaban J connectivity index is 1.63. The topological polar surface area (TPSA) is 108 Å². The number of hydroxylamine groups is 3. The molecule has 0 spiro atoms. The van der Waals surface area contributed by atoms with Crippen LogP contribution in [0.4, 0.5) is 26.7 Å². The summed E-state index contributed by atoms with van der Waals surface area (Å²) in [6, 6.07) is 4.11. The minimum atomic E-state index is -5.37. The molecule has 1 N–H and O–H groups in total. The van der Waals surface area contributed by atoms with Crippen LogP contribution in [0.1, 0.15) is 67.3 Å². The normalized spacial score (nSPS) is 19.1. The van der Waals surface area contributed by atoms with E-state index in [2.05, 4.69) is 10.3 Å². The molecule has 3 heterocycles. The fraction of sp³-hybridized carbons (Fsp3) is 0.467. The zero-order valence-electron chi connectivity index (χ0n) is 25.4. The molecule has 0 aliphatic carbocycles. The minimum absolute atomic E-state index is 0.0579. The first-order valence-electron chi connectivity index (χ1n) is 14.2. The number of carbonyl (C=O) groups is 3. The Labute approximate surface area is 255 Å². The van der Waals surface area contributed by atoms with E-state index in [0.717, 1.165) is 12.1 Å². The van der Waals surface area contributed by atoms with Crippen LogP contribution in [0, 0.1) is 25.5 Å². The number of quaternary nitrogens is 1. The first kappa shape index (κ1) is 33.6. The number of amides is 2. The molecule has 3 aromatic rings. The van der Waals surface area contributed by atoms with Gasteiger partial charge in [-0.1, -0.05) is 6.07 Å². The summed E-state index contributed by atoms with van der Waals surface area (Å²) in [4.78, 5) is 48.1. The predicted molar refractivity (Wildman–Crippen MR) is 149 cm³/mol. The van der Waals surface area contributed by atoms with E-state index in [4.69, 9.17) is 14.3 Å². The minimum Gasteiger partial charge on any atom is -0.485 e. The zero-order valence-corrected chi connectivity index (χ0v) is 25.4. The molecule has 15 heteroatoms. The number of nitrogens with zero attached hydrogens (tertiary/aromatic N) is 3. The highest BCUT2D eigenvalue weighted by atomic mass is 19.4. The van der Waals surface area contributed by atoms with Crippen molar-refractivity contribution in [3.8, 4) is 5.75 Å². The van der Waals surface area contributed by atoms with E-state index in [9.17, 15) is 36.3 Å². The summed E-state index contributed by atoms with van der Waals surface area (Å²) in [5, 5.41) is 2.75. The van der Waals surface area contributed by atoms with Crippen LogP contribution in [0.15, 0.2) is 30.5 Å². The quantitative estimate of drug-likeness (QED) is 0.275. The second-order valence-electron chi connectivity index (χ2n) is 11.9. The fourth-order valence-electron chi connectivity index (χ4n) is 5.07. The first-order chi connectivity index (χ1) is 20.9. The lowest BCUT2D eigenvalue weighted by Gasteiger charge is -2.34. The van der Waals surface area contributed by atoms with E-state index in [1.165, 1.54) is 31.2 Å². The number of ether oxygens (including phenoxy) is 2. The van der Waals surface area contributed by atoms with Gasteiger partial charge in [0.2, 0.25) is 0 Å². The van der Waals surface area contributed by atoms with Gasteiger partial charge in [0.1, 0.15) is 36.1 Å². The van der Waals surface area contributed by atoms with E-state index >= 15 is 0 Å². The van der Waals surface area contributed by atoms with Crippen LogP contribution >= 0.6 is 0 Å². The monoisotopic (exact) mass is 641 g/mol. The summed E-state index contributed by atoms with van der Waals surface area (Å²) < 4.78 is 79.2. The molecular formula is C30H34F5N4O6+. The van der Waals surface area contributed by atoms with Crippen molar-refractivity contribution < 1.29 is 55.3 Å². The van der Waals surface area contributed by atoms with Gasteiger partial charge in [0.25, 0.3) is 5.91 Å². The van der Waals surface area contributed by atoms with Crippen molar-refractivity contribution >= 4 is 23.6 Å². The second kappa shape index (κ2) is 12.6. The molecule has 1 aromatic carbocycles. The van der Waals surface area contributed by atoms with Crippen LogP contribution in [-0.2, 0) is 21.0 Å². The van der Waals surface area contributed by atoms with Crippen LogP contribution in [0.25, 0.3) is 5.65 Å². The molecule has 1 aliphatic heterocycles. The Kier molecular flexibility index (Phi) is 9.43. The molecule has 1 saturated heterocycles. The molecule has 45 heavy (non-hydrogen) atoms. The molecule has 2 atom stereocenters. The Morgan fingerprint density at radius 1 is 1.09 bits per heavy atom. The number of benzene rings is 1. The third kappa shape index (κ3) is 7.70. The van der Waals surface area contributed by atoms with Crippen molar-refractivity contribution in [2.24, 2.45) is 0 Å². The highest BCUT2D eigenvalue weighted by Gasteiger charge is 2.54. The molecule has 2 aromatic heterocycles. The molecule has 1 fully saturated rings. The van der Waals surface area contributed by atoms with Crippen molar-refractivity contribution in [2.45, 2.75) is 78.3 Å². The SMILES string of the molecule is Cc1cc(OCc2c(F)cccc2F)c2nc(C)c(C(=O)NC3CCCC[N+](OC(=O)C(F)(F)F)(C(=O)OC(C)(C)C)C3)n2c1. The van der Waals surface area contributed by atoms with E-state index in [0.29, 0.717) is 12.0 Å². The van der Waals surface area contributed by atoms with Crippen molar-refractivity contribution in [2.75, 3.05) is 13.1 Å². The number of carbonyl (C=O) groups excluding carboxylic acids is 3. The Bertz CT molecular complexity index is 1600. The number of nitrogens with one attached hydrogen (secondary N) is 1. The largest absolute Gasteiger partial charge is 0.559 e. The van der Waals surface area contributed by atoms with Crippen LogP contribution in [0.3, 0.4) is 0 Å². The van der Waals surface area contributed by atoms with Gasteiger partial charge < -0.3 is 14.8 Å². The van der Waals surface area contributed by atoms with Gasteiger partial charge in [0.05, 0.1) is 17.3 Å². The molecule has 10 nitrogen and oxygen atoms in total. The van der Waals surface area contributed by atoms with Gasteiger partial charge in [-0.15, -0.1) is 0 Å². The lowest BCUT2D eigenvalue weighted by Crippen LogP contribution is -2.61. The molecule has 0 saturated carbocycles. The fourth-order valence-corrected chi connectivity index (χ4v) is 5.07. The molecule has 2 amide bonds. The molecule has 1 aliphatic rings. The van der Waals surface area contributed by atoms with E-state index < -0.39 is 65.2 Å². The third-order valence-corrected chi connectivity index (χ3v) is 7.03. The van der Waals surface area contributed by atoms with Crippen LogP contribution in [0.5, 0.6) is 5.75 Å². The summed E-state index contributed by atoms with van der Waals surface area (Å²) in [6.07, 6.45) is -4.12. The Hall–Kier alpha value is -4.27. The van der Waals surface area contributed by atoms with E-state index in [1.54, 1.807) is 26.1 Å². The lowest BCUT2D eigenvalue weighted by molar-refractivity contribution is -1.03. The van der Waals surface area contributed by atoms with Gasteiger partial charge in [-0.2, -0.15) is 18.0 Å². The van der Waals surface area contributed by atoms with Crippen LogP contribution in [-0.4, -0.2) is 62.9 Å². The number of likely N-dealkylation sites (tertiary alicyclic amines) is 1. The van der Waals surface area contributed by atoms with Gasteiger partial charge in [-0.05, 0) is 75.9 Å². The van der Waals surface area contributed by atoms with Crippen molar-refractivity contribution in [3.05, 3.63) is 64.6 Å². The number of aryl methyl sites for hydroxylation is 2. The van der Waals surface area contributed by atoms with Gasteiger partial charge in [-0.25, -0.2) is 18.6 Å². The van der Waals surface area contributed by atoms with Gasteiger partial charge in [0.15, 0.2) is 17.9 Å². The molecule has 2 unspecified atom stereocenters. The predicted octanol–water partition coefficient (Wildman–Crippen LogP) is 5.86. The summed E-state index contributed by atoms with van der Waals surface area (Å²) in [5.41, 5.74) is -0.287. The number of fused-ring (bicyclic) bond motifs is 1. The molecule has 0 bridgehead atoms.